The third-order valence-electron chi connectivity index (χ3n) is 5.29. The number of aromatic nitrogens is 1. The van der Waals surface area contributed by atoms with Crippen LogP contribution >= 0.6 is 10.8 Å². The number of aromatic hydroxyl groups is 1. The van der Waals surface area contributed by atoms with Gasteiger partial charge in [-0.05, 0) is 29.8 Å². The monoisotopic (exact) mass is 464 g/mol. The van der Waals surface area contributed by atoms with Gasteiger partial charge in [-0.3, -0.25) is 13.9 Å². The molecular formula is C23H20N4O5S. The molecule has 2 heterocycles. The number of hydrogen-bond donors (Lipinski definition) is 5. The minimum absolute atomic E-state index is 0.116. The van der Waals surface area contributed by atoms with Crippen molar-refractivity contribution in [3.8, 4) is 11.5 Å². The predicted octanol–water partition coefficient (Wildman–Crippen LogP) is 3.90. The zero-order valence-corrected chi connectivity index (χ0v) is 18.0. The number of nitrogens with zero attached hydrogens (tertiary/aromatic N) is 2. The summed E-state index contributed by atoms with van der Waals surface area (Å²) < 4.78 is 32.2. The molecule has 0 radical (unpaired) electrons. The van der Waals surface area contributed by atoms with Crippen molar-refractivity contribution in [3.05, 3.63) is 94.3 Å². The van der Waals surface area contributed by atoms with Gasteiger partial charge in [0.2, 0.25) is 0 Å². The number of ether oxygens (including phenoxy) is 1. The summed E-state index contributed by atoms with van der Waals surface area (Å²) in [7, 11) is -3.70. The van der Waals surface area contributed by atoms with Crippen molar-refractivity contribution in [3.63, 3.8) is 0 Å². The molecule has 1 aliphatic heterocycles. The molecule has 6 N–H and O–H groups in total. The Bertz CT molecular complexity index is 1470. The van der Waals surface area contributed by atoms with Gasteiger partial charge in [0.05, 0.1) is 11.2 Å². The molecule has 9 nitrogen and oxygen atoms in total. The van der Waals surface area contributed by atoms with E-state index in [1.807, 2.05) is 30.3 Å². The van der Waals surface area contributed by atoms with E-state index in [0.717, 1.165) is 10.2 Å². The summed E-state index contributed by atoms with van der Waals surface area (Å²) in [5, 5.41) is 14.0. The lowest BCUT2D eigenvalue weighted by Gasteiger charge is -2.34. The molecule has 3 aromatic carbocycles. The molecular weight excluding hydrogens is 444 g/mol. The average molecular weight is 465 g/mol. The van der Waals surface area contributed by atoms with E-state index in [1.165, 1.54) is 6.07 Å². The first-order chi connectivity index (χ1) is 15.8. The number of fused-ring (bicyclic) bond motifs is 2. The van der Waals surface area contributed by atoms with E-state index >= 15 is 0 Å². The third-order valence-corrected chi connectivity index (χ3v) is 6.66. The van der Waals surface area contributed by atoms with Crippen LogP contribution in [0.1, 0.15) is 11.1 Å². The standard InChI is InChI=1S/C23H20N4O5S/c24-27-18-9-5-4-8-16(18)21(28)20(23(27)29)22-25-17-11-10-15(12-19(17)33(30,31)26-22)32-13-14-6-2-1-3-7-14/h1-12,28,30-31H,13,24H2,(H,25,26). The first-order valence-electron chi connectivity index (χ1n) is 9.93. The molecule has 4 aromatic rings. The second-order valence-corrected chi connectivity index (χ2v) is 9.09. The van der Waals surface area contributed by atoms with Crippen LogP contribution < -0.4 is 21.5 Å². The number of benzene rings is 3. The predicted molar refractivity (Wildman–Crippen MR) is 129 cm³/mol. The maximum Gasteiger partial charge on any atom is 0.284 e. The van der Waals surface area contributed by atoms with Gasteiger partial charge in [0.15, 0.2) is 5.84 Å². The highest BCUT2D eigenvalue weighted by atomic mass is 32.3. The zero-order valence-electron chi connectivity index (χ0n) is 17.2. The Labute approximate surface area is 189 Å². The van der Waals surface area contributed by atoms with Gasteiger partial charge >= 0.3 is 0 Å². The molecule has 0 atom stereocenters. The van der Waals surface area contributed by atoms with E-state index in [2.05, 4.69) is 9.71 Å². The highest BCUT2D eigenvalue weighted by Gasteiger charge is 2.30. The Morgan fingerprint density at radius 2 is 1.76 bits per heavy atom. The van der Waals surface area contributed by atoms with E-state index < -0.39 is 16.3 Å². The van der Waals surface area contributed by atoms with Crippen LogP contribution in [0.25, 0.3) is 10.9 Å². The Morgan fingerprint density at radius 1 is 1.03 bits per heavy atom. The Hall–Kier alpha value is -3.99. The molecule has 0 aliphatic carbocycles. The van der Waals surface area contributed by atoms with Crippen molar-refractivity contribution in [2.75, 3.05) is 11.2 Å². The molecule has 0 bridgehead atoms. The number of nitrogens with two attached hydrogens (primary N) is 1. The van der Waals surface area contributed by atoms with Gasteiger partial charge in [-0.1, -0.05) is 53.2 Å². The molecule has 0 amide bonds. The molecule has 0 saturated heterocycles. The van der Waals surface area contributed by atoms with E-state index in [4.69, 9.17) is 10.6 Å². The van der Waals surface area contributed by atoms with Crippen LogP contribution in [0.5, 0.6) is 11.5 Å². The number of amidine groups is 1. The summed E-state index contributed by atoms with van der Waals surface area (Å²) in [4.78, 5) is 13.0. The summed E-state index contributed by atoms with van der Waals surface area (Å²) in [6, 6.07) is 20.9. The van der Waals surface area contributed by atoms with Gasteiger partial charge < -0.3 is 21.0 Å². The van der Waals surface area contributed by atoms with Crippen LogP contribution in [-0.2, 0) is 6.61 Å². The summed E-state index contributed by atoms with van der Waals surface area (Å²) in [5.41, 5.74) is 0.616. The quantitative estimate of drug-likeness (QED) is 0.288. The SMILES string of the molecule is Nn1c(=O)c(C2=NS(O)(O)c3cc(OCc4ccccc4)ccc3N2)c(O)c2ccccc21. The summed E-state index contributed by atoms with van der Waals surface area (Å²) >= 11 is 0. The van der Waals surface area contributed by atoms with Crippen molar-refractivity contribution in [1.82, 2.24) is 4.68 Å². The number of rotatable bonds is 4. The van der Waals surface area contributed by atoms with E-state index in [1.54, 1.807) is 36.4 Å². The topological polar surface area (TPSA) is 142 Å². The Morgan fingerprint density at radius 3 is 2.55 bits per heavy atom. The molecule has 0 spiro atoms. The van der Waals surface area contributed by atoms with Gasteiger partial charge in [-0.25, -0.2) is 4.68 Å². The van der Waals surface area contributed by atoms with Gasteiger partial charge in [0, 0.05) is 11.5 Å². The Balaban J connectivity index is 1.53. The molecule has 10 heteroatoms. The smallest absolute Gasteiger partial charge is 0.284 e. The summed E-state index contributed by atoms with van der Waals surface area (Å²) in [6.07, 6.45) is 0. The number of anilines is 1. The van der Waals surface area contributed by atoms with Gasteiger partial charge in [0.1, 0.15) is 28.6 Å². The first kappa shape index (κ1) is 20.9. The van der Waals surface area contributed by atoms with Gasteiger partial charge in [0.25, 0.3) is 5.56 Å². The van der Waals surface area contributed by atoms with Crippen molar-refractivity contribution < 1.29 is 18.9 Å². The minimum Gasteiger partial charge on any atom is -0.506 e. The first-order valence-corrected chi connectivity index (χ1v) is 11.4. The number of pyridine rings is 1. The van der Waals surface area contributed by atoms with Gasteiger partial charge in [-0.2, -0.15) is 0 Å². The molecule has 0 saturated carbocycles. The minimum atomic E-state index is -3.70. The number of para-hydroxylation sites is 1. The van der Waals surface area contributed by atoms with E-state index in [0.29, 0.717) is 28.9 Å². The fourth-order valence-electron chi connectivity index (χ4n) is 3.66. The second kappa shape index (κ2) is 7.85. The van der Waals surface area contributed by atoms with Crippen molar-refractivity contribution in [2.45, 2.75) is 11.5 Å². The number of nitrogens with one attached hydrogen (secondary N) is 1. The van der Waals surface area contributed by atoms with Gasteiger partial charge in [-0.15, -0.1) is 4.40 Å². The summed E-state index contributed by atoms with van der Waals surface area (Å²) in [5.74, 6) is 5.82. The molecule has 33 heavy (non-hydrogen) atoms. The maximum absolute atomic E-state index is 12.9. The van der Waals surface area contributed by atoms with Crippen LogP contribution in [0.3, 0.4) is 0 Å². The fraction of sp³-hybridized carbons (Fsp3) is 0.0435. The van der Waals surface area contributed by atoms with E-state index in [9.17, 15) is 19.0 Å². The van der Waals surface area contributed by atoms with Crippen LogP contribution in [0.2, 0.25) is 0 Å². The highest BCUT2D eigenvalue weighted by molar-refractivity contribution is 8.23. The van der Waals surface area contributed by atoms with Crippen LogP contribution in [-0.4, -0.2) is 24.7 Å². The van der Waals surface area contributed by atoms with Crippen LogP contribution in [0.15, 0.2) is 86.9 Å². The Kier molecular flexibility index (Phi) is 4.97. The van der Waals surface area contributed by atoms with Crippen molar-refractivity contribution in [2.24, 2.45) is 4.40 Å². The lowest BCUT2D eigenvalue weighted by atomic mass is 10.1. The highest BCUT2D eigenvalue weighted by Crippen LogP contribution is 2.56. The average Bonchev–Trinajstić information content (AvgIpc) is 2.82. The van der Waals surface area contributed by atoms with Crippen molar-refractivity contribution in [1.29, 1.82) is 0 Å². The normalized spacial score (nSPS) is 15.3. The molecule has 0 unspecified atom stereocenters. The number of nitrogen functional groups attached to an aromatic ring is 1. The lowest BCUT2D eigenvalue weighted by Crippen LogP contribution is -2.35. The molecule has 5 rings (SSSR count). The molecule has 1 aromatic heterocycles. The largest absolute Gasteiger partial charge is 0.506 e. The lowest BCUT2D eigenvalue weighted by molar-refractivity contribution is 0.305. The van der Waals surface area contributed by atoms with Crippen molar-refractivity contribution >= 4 is 33.2 Å². The van der Waals surface area contributed by atoms with Crippen LogP contribution in [0, 0.1) is 0 Å². The summed E-state index contributed by atoms with van der Waals surface area (Å²) in [6.45, 7) is 0.307. The number of hydrogen-bond acceptors (Lipinski definition) is 8. The molecule has 1 aliphatic rings. The van der Waals surface area contributed by atoms with Crippen LogP contribution in [0.4, 0.5) is 5.69 Å². The third kappa shape index (κ3) is 3.65. The maximum atomic E-state index is 12.9. The molecule has 0 fully saturated rings. The van der Waals surface area contributed by atoms with E-state index in [-0.39, 0.29) is 22.0 Å². The second-order valence-electron chi connectivity index (χ2n) is 7.43. The zero-order chi connectivity index (χ0) is 23.2. The fourth-order valence-corrected chi connectivity index (χ4v) is 4.84. The molecule has 168 valence electrons.